The number of nitrogens with zero attached hydrogens (tertiary/aromatic N) is 1. The van der Waals surface area contributed by atoms with Gasteiger partial charge >= 0.3 is 0 Å². The zero-order valence-electron chi connectivity index (χ0n) is 18.8. The summed E-state index contributed by atoms with van der Waals surface area (Å²) in [6.45, 7) is 6.72. The van der Waals surface area contributed by atoms with Crippen molar-refractivity contribution in [3.63, 3.8) is 0 Å². The number of aromatic nitrogens is 2. The van der Waals surface area contributed by atoms with Crippen molar-refractivity contribution in [3.8, 4) is 0 Å². The molecule has 0 aliphatic heterocycles. The number of aromatic amines is 1. The van der Waals surface area contributed by atoms with E-state index in [1.807, 2.05) is 42.6 Å². The summed E-state index contributed by atoms with van der Waals surface area (Å²) >= 11 is 0. The van der Waals surface area contributed by atoms with Crippen LogP contribution in [-0.2, 0) is 6.42 Å². The first-order valence-electron chi connectivity index (χ1n) is 11.3. The molecule has 1 atom stereocenters. The number of carbonyl (C=O) groups excluding carboxylic acids is 1. The Labute approximate surface area is 188 Å². The van der Waals surface area contributed by atoms with Gasteiger partial charge in [0.1, 0.15) is 0 Å². The van der Waals surface area contributed by atoms with Crippen molar-refractivity contribution < 1.29 is 4.79 Å². The van der Waals surface area contributed by atoms with Gasteiger partial charge in [0.15, 0.2) is 5.78 Å². The van der Waals surface area contributed by atoms with Crippen molar-refractivity contribution in [2.45, 2.75) is 33.2 Å². The van der Waals surface area contributed by atoms with Crippen molar-refractivity contribution >= 4 is 27.6 Å². The molecule has 5 aromatic rings. The number of hydrogen-bond donors (Lipinski definition) is 1. The Kier molecular flexibility index (Phi) is 5.18. The fourth-order valence-corrected chi connectivity index (χ4v) is 4.62. The van der Waals surface area contributed by atoms with Crippen LogP contribution in [0.4, 0.5) is 0 Å². The van der Waals surface area contributed by atoms with Crippen LogP contribution in [0.25, 0.3) is 21.8 Å². The van der Waals surface area contributed by atoms with Gasteiger partial charge in [0, 0.05) is 45.3 Å². The summed E-state index contributed by atoms with van der Waals surface area (Å²) in [6, 6.07) is 25.2. The van der Waals surface area contributed by atoms with Crippen molar-refractivity contribution in [2.24, 2.45) is 5.92 Å². The lowest BCUT2D eigenvalue weighted by Gasteiger charge is -2.17. The Hall–Kier alpha value is -3.59. The first kappa shape index (κ1) is 20.3. The van der Waals surface area contributed by atoms with Gasteiger partial charge in [-0.1, -0.05) is 56.3 Å². The molecular formula is C29H28N2O. The summed E-state index contributed by atoms with van der Waals surface area (Å²) in [5.41, 5.74) is 6.22. The Bertz CT molecular complexity index is 1400. The van der Waals surface area contributed by atoms with Crippen LogP contribution in [-0.4, -0.2) is 15.3 Å². The van der Waals surface area contributed by atoms with Gasteiger partial charge in [0.2, 0.25) is 0 Å². The van der Waals surface area contributed by atoms with E-state index in [0.29, 0.717) is 17.0 Å². The van der Waals surface area contributed by atoms with E-state index < -0.39 is 0 Å². The highest BCUT2D eigenvalue weighted by Gasteiger charge is 2.16. The van der Waals surface area contributed by atoms with E-state index in [2.05, 4.69) is 72.9 Å². The summed E-state index contributed by atoms with van der Waals surface area (Å²) in [5.74, 6) is 0.707. The lowest BCUT2D eigenvalue weighted by Crippen LogP contribution is -2.06. The predicted octanol–water partition coefficient (Wildman–Crippen LogP) is 7.16. The third-order valence-electron chi connectivity index (χ3n) is 6.34. The maximum Gasteiger partial charge on any atom is 0.195 e. The van der Waals surface area contributed by atoms with E-state index in [0.717, 1.165) is 28.2 Å². The van der Waals surface area contributed by atoms with Gasteiger partial charge in [0.05, 0.1) is 6.04 Å². The summed E-state index contributed by atoms with van der Waals surface area (Å²) in [6.07, 6.45) is 5.04. The minimum Gasteiger partial charge on any atom is -0.360 e. The Morgan fingerprint density at radius 3 is 2.50 bits per heavy atom. The van der Waals surface area contributed by atoms with Crippen molar-refractivity contribution in [1.29, 1.82) is 0 Å². The monoisotopic (exact) mass is 420 g/mol. The van der Waals surface area contributed by atoms with Gasteiger partial charge in [-0.25, -0.2) is 0 Å². The molecule has 0 saturated heterocycles. The van der Waals surface area contributed by atoms with E-state index in [1.165, 1.54) is 11.1 Å². The summed E-state index contributed by atoms with van der Waals surface area (Å²) in [5, 5.41) is 2.05. The maximum atomic E-state index is 13.2. The lowest BCUT2D eigenvalue weighted by molar-refractivity contribution is 0.104. The lowest BCUT2D eigenvalue weighted by atomic mass is 9.99. The van der Waals surface area contributed by atoms with Gasteiger partial charge in [-0.05, 0) is 60.7 Å². The van der Waals surface area contributed by atoms with Crippen LogP contribution in [0, 0.1) is 5.92 Å². The number of rotatable bonds is 6. The fourth-order valence-electron chi connectivity index (χ4n) is 4.62. The molecule has 1 N–H and O–H groups in total. The quantitative estimate of drug-likeness (QED) is 0.291. The van der Waals surface area contributed by atoms with Crippen LogP contribution >= 0.6 is 0 Å². The number of H-pyrrole nitrogens is 1. The number of hydrogen-bond acceptors (Lipinski definition) is 1. The normalized spacial score (nSPS) is 12.6. The average molecular weight is 421 g/mol. The number of para-hydroxylation sites is 1. The molecular weight excluding hydrogens is 392 g/mol. The molecule has 0 aliphatic carbocycles. The second kappa shape index (κ2) is 8.16. The smallest absolute Gasteiger partial charge is 0.195 e. The fraction of sp³-hybridized carbons (Fsp3) is 0.207. The molecule has 0 aliphatic rings. The molecule has 32 heavy (non-hydrogen) atoms. The van der Waals surface area contributed by atoms with E-state index in [-0.39, 0.29) is 11.8 Å². The van der Waals surface area contributed by atoms with E-state index >= 15 is 0 Å². The third-order valence-corrected chi connectivity index (χ3v) is 6.34. The summed E-state index contributed by atoms with van der Waals surface area (Å²) in [4.78, 5) is 16.4. The van der Waals surface area contributed by atoms with Crippen LogP contribution in [0.2, 0.25) is 0 Å². The minimum absolute atomic E-state index is 0.0471. The molecule has 0 spiro atoms. The first-order valence-corrected chi connectivity index (χ1v) is 11.3. The molecule has 0 saturated carbocycles. The van der Waals surface area contributed by atoms with Crippen LogP contribution in [0.3, 0.4) is 0 Å². The topological polar surface area (TPSA) is 37.8 Å². The highest BCUT2D eigenvalue weighted by molar-refractivity contribution is 6.17. The van der Waals surface area contributed by atoms with Crippen molar-refractivity contribution in [1.82, 2.24) is 9.55 Å². The molecule has 2 heterocycles. The highest BCUT2D eigenvalue weighted by atomic mass is 16.1. The van der Waals surface area contributed by atoms with Gasteiger partial charge < -0.3 is 9.55 Å². The van der Waals surface area contributed by atoms with Gasteiger partial charge in [-0.2, -0.15) is 0 Å². The number of benzene rings is 3. The zero-order valence-corrected chi connectivity index (χ0v) is 18.8. The zero-order chi connectivity index (χ0) is 22.2. The molecule has 3 nitrogen and oxygen atoms in total. The van der Waals surface area contributed by atoms with Crippen LogP contribution in [0.15, 0.2) is 85.2 Å². The number of fused-ring (bicyclic) bond motifs is 2. The largest absolute Gasteiger partial charge is 0.360 e. The number of nitrogens with one attached hydrogen (secondary N) is 1. The van der Waals surface area contributed by atoms with Gasteiger partial charge in [-0.3, -0.25) is 4.79 Å². The molecule has 0 amide bonds. The minimum atomic E-state index is 0.0471. The van der Waals surface area contributed by atoms with Gasteiger partial charge in [0.25, 0.3) is 0 Å². The second-order valence-electron chi connectivity index (χ2n) is 9.09. The first-order chi connectivity index (χ1) is 15.5. The number of ketones is 1. The van der Waals surface area contributed by atoms with Crippen LogP contribution in [0.1, 0.15) is 53.9 Å². The van der Waals surface area contributed by atoms with Gasteiger partial charge in [-0.15, -0.1) is 0 Å². The van der Waals surface area contributed by atoms with E-state index in [9.17, 15) is 4.79 Å². The highest BCUT2D eigenvalue weighted by Crippen LogP contribution is 2.28. The average Bonchev–Trinajstić information content (AvgIpc) is 3.42. The van der Waals surface area contributed by atoms with E-state index in [4.69, 9.17) is 0 Å². The molecule has 0 radical (unpaired) electrons. The second-order valence-corrected chi connectivity index (χ2v) is 9.09. The molecule has 1 unspecified atom stereocenters. The molecule has 2 aromatic heterocycles. The number of carbonyl (C=O) groups is 1. The standard InChI is InChI=1S/C29H28N2O/c1-19(2)16-21-8-10-22(11-9-21)20(3)31-15-14-23-17-24(12-13-28(23)31)29(32)26-18-30-27-7-5-4-6-25(26)27/h4-15,17-20,30H,16H2,1-3H3. The Morgan fingerprint density at radius 2 is 1.72 bits per heavy atom. The molecule has 3 heteroatoms. The Balaban J connectivity index is 1.44. The molecule has 5 rings (SSSR count). The SMILES string of the molecule is CC(C)Cc1ccc(C(C)n2ccc3cc(C(=O)c4c[nH]c5ccccc45)ccc32)cc1. The van der Waals surface area contributed by atoms with Crippen LogP contribution in [0.5, 0.6) is 0 Å². The maximum absolute atomic E-state index is 13.2. The molecule has 0 bridgehead atoms. The third kappa shape index (κ3) is 3.64. The molecule has 160 valence electrons. The van der Waals surface area contributed by atoms with Crippen LogP contribution < -0.4 is 0 Å². The predicted molar refractivity (Wildman–Crippen MR) is 132 cm³/mol. The van der Waals surface area contributed by atoms with Crippen molar-refractivity contribution in [2.75, 3.05) is 0 Å². The molecule has 3 aromatic carbocycles. The summed E-state index contributed by atoms with van der Waals surface area (Å²) < 4.78 is 2.28. The summed E-state index contributed by atoms with van der Waals surface area (Å²) in [7, 11) is 0. The Morgan fingerprint density at radius 1 is 0.938 bits per heavy atom. The molecule has 0 fully saturated rings. The van der Waals surface area contributed by atoms with E-state index in [1.54, 1.807) is 0 Å². The van der Waals surface area contributed by atoms with Crippen molar-refractivity contribution in [3.05, 3.63) is 107 Å².